The summed E-state index contributed by atoms with van der Waals surface area (Å²) in [5.41, 5.74) is 0.406. The minimum absolute atomic E-state index is 0.130. The molecule has 0 saturated carbocycles. The predicted molar refractivity (Wildman–Crippen MR) is 61.9 cm³/mol. The number of hydrogen-bond donors (Lipinski definition) is 1. The molecule has 0 heterocycles. The van der Waals surface area contributed by atoms with Gasteiger partial charge in [-0.25, -0.2) is 4.39 Å². The lowest BCUT2D eigenvalue weighted by Crippen LogP contribution is -2.11. The van der Waals surface area contributed by atoms with E-state index in [1.807, 2.05) is 13.0 Å². The molecule has 0 spiro atoms. The summed E-state index contributed by atoms with van der Waals surface area (Å²) in [6.07, 6.45) is 0.430. The highest BCUT2D eigenvalue weighted by atomic mass is 19.1. The fraction of sp³-hybridized carbons (Fsp3) is 0.462. The molecule has 1 aromatic rings. The number of aliphatic hydroxyl groups excluding tert-OH is 1. The van der Waals surface area contributed by atoms with Gasteiger partial charge in [-0.3, -0.25) is 0 Å². The first-order valence-electron chi connectivity index (χ1n) is 5.55. The van der Waals surface area contributed by atoms with E-state index >= 15 is 0 Å². The number of rotatable bonds is 5. The van der Waals surface area contributed by atoms with E-state index in [-0.39, 0.29) is 5.75 Å². The van der Waals surface area contributed by atoms with Crippen LogP contribution in [0.15, 0.2) is 18.2 Å². The monoisotopic (exact) mass is 237 g/mol. The van der Waals surface area contributed by atoms with Crippen LogP contribution in [0.2, 0.25) is 0 Å². The molecule has 92 valence electrons. The lowest BCUT2D eigenvalue weighted by Gasteiger charge is -2.16. The number of hydrogen-bond acceptors (Lipinski definition) is 3. The highest BCUT2D eigenvalue weighted by Crippen LogP contribution is 2.28. The van der Waals surface area contributed by atoms with E-state index in [1.54, 1.807) is 6.07 Å². The molecule has 0 aliphatic rings. The van der Waals surface area contributed by atoms with Gasteiger partial charge in [0.25, 0.3) is 0 Å². The molecule has 0 amide bonds. The van der Waals surface area contributed by atoms with Crippen molar-refractivity contribution in [1.29, 1.82) is 5.26 Å². The zero-order valence-electron chi connectivity index (χ0n) is 9.98. The highest BCUT2D eigenvalue weighted by Gasteiger charge is 2.20. The van der Waals surface area contributed by atoms with Crippen molar-refractivity contribution in [2.75, 3.05) is 7.11 Å². The molecule has 0 aromatic heterocycles. The summed E-state index contributed by atoms with van der Waals surface area (Å²) in [5.74, 6) is -0.907. The van der Waals surface area contributed by atoms with Crippen molar-refractivity contribution in [2.45, 2.75) is 25.9 Å². The number of nitrogens with zero attached hydrogens (tertiary/aromatic N) is 1. The van der Waals surface area contributed by atoms with Crippen LogP contribution >= 0.6 is 0 Å². The number of halogens is 1. The van der Waals surface area contributed by atoms with Crippen molar-refractivity contribution in [2.24, 2.45) is 5.92 Å². The Labute approximate surface area is 100 Å². The first-order chi connectivity index (χ1) is 8.13. The Kier molecular flexibility index (Phi) is 4.92. The smallest absolute Gasteiger partial charge is 0.165 e. The van der Waals surface area contributed by atoms with E-state index in [4.69, 9.17) is 10.00 Å². The van der Waals surface area contributed by atoms with E-state index in [0.29, 0.717) is 12.0 Å². The molecule has 4 heteroatoms. The second-order valence-corrected chi connectivity index (χ2v) is 3.86. The van der Waals surface area contributed by atoms with E-state index < -0.39 is 17.8 Å². The summed E-state index contributed by atoms with van der Waals surface area (Å²) in [6, 6.07) is 6.29. The van der Waals surface area contributed by atoms with Crippen LogP contribution in [0.5, 0.6) is 5.75 Å². The van der Waals surface area contributed by atoms with Gasteiger partial charge in [0.15, 0.2) is 11.6 Å². The molecule has 17 heavy (non-hydrogen) atoms. The van der Waals surface area contributed by atoms with Crippen LogP contribution in [-0.4, -0.2) is 12.2 Å². The fourth-order valence-electron chi connectivity index (χ4n) is 1.70. The van der Waals surface area contributed by atoms with Crippen LogP contribution in [0.3, 0.4) is 0 Å². The molecule has 0 saturated heterocycles. The molecule has 3 nitrogen and oxygen atoms in total. The lowest BCUT2D eigenvalue weighted by molar-refractivity contribution is 0.129. The number of benzene rings is 1. The second kappa shape index (κ2) is 6.21. The van der Waals surface area contributed by atoms with Crippen molar-refractivity contribution < 1.29 is 14.2 Å². The van der Waals surface area contributed by atoms with E-state index in [9.17, 15) is 9.50 Å². The SMILES string of the molecule is CCCC(C#N)C(O)c1ccc(OC)c(F)c1. The molecule has 2 unspecified atom stereocenters. The van der Waals surface area contributed by atoms with Gasteiger partial charge in [0, 0.05) is 0 Å². The molecule has 0 bridgehead atoms. The Bertz CT molecular complexity index is 414. The maximum Gasteiger partial charge on any atom is 0.165 e. The largest absolute Gasteiger partial charge is 0.494 e. The molecule has 1 aromatic carbocycles. The van der Waals surface area contributed by atoms with Crippen LogP contribution in [0.25, 0.3) is 0 Å². The quantitative estimate of drug-likeness (QED) is 0.856. The standard InChI is InChI=1S/C13H16FNO2/c1-3-4-10(8-15)13(16)9-5-6-12(17-2)11(14)7-9/h5-7,10,13,16H,3-4H2,1-2H3. The van der Waals surface area contributed by atoms with Crippen LogP contribution in [0.4, 0.5) is 4.39 Å². The average molecular weight is 237 g/mol. The molecule has 0 radical (unpaired) electrons. The minimum Gasteiger partial charge on any atom is -0.494 e. The molecule has 1 N–H and O–H groups in total. The van der Waals surface area contributed by atoms with Gasteiger partial charge in [0.05, 0.1) is 25.2 Å². The van der Waals surface area contributed by atoms with E-state index in [0.717, 1.165) is 6.42 Å². The third-order valence-corrected chi connectivity index (χ3v) is 2.66. The Hall–Kier alpha value is -1.60. The summed E-state index contributed by atoms with van der Waals surface area (Å²) in [4.78, 5) is 0. The van der Waals surface area contributed by atoms with Crippen molar-refractivity contribution >= 4 is 0 Å². The third-order valence-electron chi connectivity index (χ3n) is 2.66. The summed E-state index contributed by atoms with van der Waals surface area (Å²) < 4.78 is 18.2. The van der Waals surface area contributed by atoms with Gasteiger partial charge in [0.1, 0.15) is 0 Å². The number of methoxy groups -OCH3 is 1. The summed E-state index contributed by atoms with van der Waals surface area (Å²) in [7, 11) is 1.38. The molecular formula is C13H16FNO2. The van der Waals surface area contributed by atoms with Gasteiger partial charge < -0.3 is 9.84 Å². The van der Waals surface area contributed by atoms with Gasteiger partial charge >= 0.3 is 0 Å². The lowest BCUT2D eigenvalue weighted by atomic mass is 9.93. The topological polar surface area (TPSA) is 53.2 Å². The minimum atomic E-state index is -0.958. The molecule has 0 fully saturated rings. The Morgan fingerprint density at radius 3 is 2.71 bits per heavy atom. The Balaban J connectivity index is 2.92. The van der Waals surface area contributed by atoms with Crippen LogP contribution < -0.4 is 4.74 Å². The molecule has 0 aliphatic heterocycles. The third kappa shape index (κ3) is 3.18. The van der Waals surface area contributed by atoms with E-state index in [2.05, 4.69) is 0 Å². The molecule has 0 aliphatic carbocycles. The Morgan fingerprint density at radius 1 is 1.53 bits per heavy atom. The zero-order valence-corrected chi connectivity index (χ0v) is 9.98. The fourth-order valence-corrected chi connectivity index (χ4v) is 1.70. The van der Waals surface area contributed by atoms with Crippen molar-refractivity contribution in [1.82, 2.24) is 0 Å². The second-order valence-electron chi connectivity index (χ2n) is 3.86. The number of aliphatic hydroxyl groups is 1. The first-order valence-corrected chi connectivity index (χ1v) is 5.55. The van der Waals surface area contributed by atoms with Crippen molar-refractivity contribution in [3.63, 3.8) is 0 Å². The van der Waals surface area contributed by atoms with E-state index in [1.165, 1.54) is 19.2 Å². The maximum atomic E-state index is 13.4. The summed E-state index contributed by atoms with van der Waals surface area (Å²) in [6.45, 7) is 1.94. The Morgan fingerprint density at radius 2 is 2.24 bits per heavy atom. The van der Waals surface area contributed by atoms with Gasteiger partial charge in [-0.2, -0.15) is 5.26 Å². The van der Waals surface area contributed by atoms with Crippen LogP contribution in [0, 0.1) is 23.1 Å². The normalized spacial score (nSPS) is 13.8. The van der Waals surface area contributed by atoms with Gasteiger partial charge in [0.2, 0.25) is 0 Å². The van der Waals surface area contributed by atoms with Gasteiger partial charge in [-0.15, -0.1) is 0 Å². The predicted octanol–water partition coefficient (Wildman–Crippen LogP) is 2.81. The highest BCUT2D eigenvalue weighted by molar-refractivity contribution is 5.31. The molecular weight excluding hydrogens is 221 g/mol. The molecule has 1 rings (SSSR count). The van der Waals surface area contributed by atoms with Crippen LogP contribution in [0.1, 0.15) is 31.4 Å². The zero-order chi connectivity index (χ0) is 12.8. The number of nitriles is 1. The first kappa shape index (κ1) is 13.5. The number of ether oxygens (including phenoxy) is 1. The summed E-state index contributed by atoms with van der Waals surface area (Å²) in [5, 5.41) is 18.9. The average Bonchev–Trinajstić information content (AvgIpc) is 2.35. The van der Waals surface area contributed by atoms with Gasteiger partial charge in [-0.05, 0) is 24.1 Å². The van der Waals surface area contributed by atoms with Crippen LogP contribution in [-0.2, 0) is 0 Å². The summed E-state index contributed by atoms with van der Waals surface area (Å²) >= 11 is 0. The van der Waals surface area contributed by atoms with Crippen molar-refractivity contribution in [3.05, 3.63) is 29.6 Å². The van der Waals surface area contributed by atoms with Crippen molar-refractivity contribution in [3.8, 4) is 11.8 Å². The maximum absolute atomic E-state index is 13.4. The molecule has 2 atom stereocenters. The van der Waals surface area contributed by atoms with Gasteiger partial charge in [-0.1, -0.05) is 19.4 Å².